The second kappa shape index (κ2) is 4.93. The third-order valence-corrected chi connectivity index (χ3v) is 2.85. The molecular weight excluding hydrogens is 196 g/mol. The predicted molar refractivity (Wildman–Crippen MR) is 56.2 cm³/mol. The molecule has 0 aliphatic carbocycles. The Bertz CT molecular complexity index is 306. The predicted octanol–water partition coefficient (Wildman–Crippen LogP) is 2.07. The molecule has 4 heteroatoms. The molecule has 0 saturated carbocycles. The Kier molecular flexibility index (Phi) is 3.32. The molecule has 0 unspecified atom stereocenters. The van der Waals surface area contributed by atoms with Crippen LogP contribution in [0.5, 0.6) is 0 Å². The maximum atomic E-state index is 5.10. The molecule has 0 atom stereocenters. The molecule has 0 fully saturated rings. The standard InChI is InChI=1S/C10H12N2OS/c1-2-10(14-5-1)3-4-11-6-9-7-12-8-13-9/h1-2,5,7-8,11H,3-4,6H2. The van der Waals surface area contributed by atoms with Crippen molar-refractivity contribution in [3.8, 4) is 0 Å². The lowest BCUT2D eigenvalue weighted by molar-refractivity contribution is 0.480. The molecule has 14 heavy (non-hydrogen) atoms. The van der Waals surface area contributed by atoms with Crippen molar-refractivity contribution in [3.63, 3.8) is 0 Å². The largest absolute Gasteiger partial charge is 0.447 e. The lowest BCUT2D eigenvalue weighted by Crippen LogP contribution is -2.15. The van der Waals surface area contributed by atoms with Gasteiger partial charge in [-0.3, -0.25) is 0 Å². The Morgan fingerprint density at radius 3 is 3.21 bits per heavy atom. The van der Waals surface area contributed by atoms with Gasteiger partial charge in [0.1, 0.15) is 5.76 Å². The fourth-order valence-electron chi connectivity index (χ4n) is 1.21. The molecule has 2 heterocycles. The van der Waals surface area contributed by atoms with Crippen LogP contribution in [0.4, 0.5) is 0 Å². The maximum absolute atomic E-state index is 5.10. The second-order valence-electron chi connectivity index (χ2n) is 2.97. The summed E-state index contributed by atoms with van der Waals surface area (Å²) < 4.78 is 5.10. The van der Waals surface area contributed by atoms with Gasteiger partial charge in [0.25, 0.3) is 0 Å². The minimum atomic E-state index is 0.755. The molecule has 0 saturated heterocycles. The van der Waals surface area contributed by atoms with E-state index in [2.05, 4.69) is 27.8 Å². The minimum absolute atomic E-state index is 0.755. The van der Waals surface area contributed by atoms with Crippen LogP contribution in [-0.4, -0.2) is 11.5 Å². The van der Waals surface area contributed by atoms with Crippen LogP contribution in [-0.2, 0) is 13.0 Å². The van der Waals surface area contributed by atoms with Crippen LogP contribution in [0.15, 0.2) is 34.5 Å². The average Bonchev–Trinajstić information content (AvgIpc) is 2.86. The van der Waals surface area contributed by atoms with Crippen molar-refractivity contribution >= 4 is 11.3 Å². The van der Waals surface area contributed by atoms with Crippen LogP contribution in [0.1, 0.15) is 10.6 Å². The van der Waals surface area contributed by atoms with Crippen molar-refractivity contribution in [3.05, 3.63) is 40.7 Å². The minimum Gasteiger partial charge on any atom is -0.447 e. The van der Waals surface area contributed by atoms with Crippen molar-refractivity contribution in [2.45, 2.75) is 13.0 Å². The topological polar surface area (TPSA) is 38.1 Å². The first kappa shape index (κ1) is 9.43. The highest BCUT2D eigenvalue weighted by Crippen LogP contribution is 2.08. The Hall–Kier alpha value is -1.13. The SMILES string of the molecule is c1csc(CCNCc2cnco2)c1. The fourth-order valence-corrected chi connectivity index (χ4v) is 1.92. The molecular formula is C10H12N2OS. The lowest BCUT2D eigenvalue weighted by atomic mass is 10.3. The van der Waals surface area contributed by atoms with Gasteiger partial charge in [-0.2, -0.15) is 0 Å². The maximum Gasteiger partial charge on any atom is 0.180 e. The third-order valence-electron chi connectivity index (χ3n) is 1.91. The van der Waals surface area contributed by atoms with Crippen molar-refractivity contribution < 1.29 is 4.42 Å². The third kappa shape index (κ3) is 2.68. The number of rotatable bonds is 5. The molecule has 0 bridgehead atoms. The van der Waals surface area contributed by atoms with E-state index in [4.69, 9.17) is 4.42 Å². The number of aromatic nitrogens is 1. The smallest absolute Gasteiger partial charge is 0.180 e. The highest BCUT2D eigenvalue weighted by Gasteiger charge is 1.96. The highest BCUT2D eigenvalue weighted by molar-refractivity contribution is 7.09. The second-order valence-corrected chi connectivity index (χ2v) is 4.01. The zero-order chi connectivity index (χ0) is 9.64. The van der Waals surface area contributed by atoms with Gasteiger partial charge in [-0.15, -0.1) is 11.3 Å². The van der Waals surface area contributed by atoms with Gasteiger partial charge in [-0.05, 0) is 17.9 Å². The summed E-state index contributed by atoms with van der Waals surface area (Å²) in [4.78, 5) is 5.26. The summed E-state index contributed by atoms with van der Waals surface area (Å²) in [6.07, 6.45) is 4.26. The van der Waals surface area contributed by atoms with E-state index in [0.29, 0.717) is 0 Å². The van der Waals surface area contributed by atoms with E-state index < -0.39 is 0 Å². The van der Waals surface area contributed by atoms with Crippen LogP contribution < -0.4 is 5.32 Å². The average molecular weight is 208 g/mol. The van der Waals surface area contributed by atoms with Crippen LogP contribution in [0.25, 0.3) is 0 Å². The van der Waals surface area contributed by atoms with Crippen LogP contribution in [0.3, 0.4) is 0 Å². The van der Waals surface area contributed by atoms with E-state index in [9.17, 15) is 0 Å². The van der Waals surface area contributed by atoms with Gasteiger partial charge in [-0.25, -0.2) is 4.98 Å². The molecule has 3 nitrogen and oxygen atoms in total. The molecule has 0 aromatic carbocycles. The van der Waals surface area contributed by atoms with Gasteiger partial charge in [0.05, 0.1) is 12.7 Å². The van der Waals surface area contributed by atoms with Crippen molar-refractivity contribution in [1.29, 1.82) is 0 Å². The van der Waals surface area contributed by atoms with E-state index in [1.807, 2.05) is 0 Å². The van der Waals surface area contributed by atoms with E-state index in [1.54, 1.807) is 17.5 Å². The number of hydrogen-bond donors (Lipinski definition) is 1. The number of nitrogens with one attached hydrogen (secondary N) is 1. The summed E-state index contributed by atoms with van der Waals surface area (Å²) in [7, 11) is 0. The van der Waals surface area contributed by atoms with Crippen LogP contribution in [0, 0.1) is 0 Å². The monoisotopic (exact) mass is 208 g/mol. The summed E-state index contributed by atoms with van der Waals surface area (Å²) in [5.41, 5.74) is 0. The number of nitrogens with zero attached hydrogens (tertiary/aromatic N) is 1. The highest BCUT2D eigenvalue weighted by atomic mass is 32.1. The van der Waals surface area contributed by atoms with Crippen LogP contribution in [0.2, 0.25) is 0 Å². The summed E-state index contributed by atoms with van der Waals surface area (Å²) >= 11 is 1.80. The Labute approximate surface area is 86.8 Å². The number of hydrogen-bond acceptors (Lipinski definition) is 4. The quantitative estimate of drug-likeness (QED) is 0.764. The molecule has 2 aromatic heterocycles. The van der Waals surface area contributed by atoms with Crippen molar-refractivity contribution in [1.82, 2.24) is 10.3 Å². The summed E-state index contributed by atoms with van der Waals surface area (Å²) in [6.45, 7) is 1.73. The molecule has 0 aliphatic heterocycles. The van der Waals surface area contributed by atoms with Crippen molar-refractivity contribution in [2.75, 3.05) is 6.54 Å². The Balaban J connectivity index is 1.65. The summed E-state index contributed by atoms with van der Waals surface area (Å²) in [6, 6.07) is 4.23. The molecule has 0 spiro atoms. The van der Waals surface area contributed by atoms with E-state index >= 15 is 0 Å². The number of oxazole rings is 1. The van der Waals surface area contributed by atoms with Gasteiger partial charge in [0.15, 0.2) is 6.39 Å². The van der Waals surface area contributed by atoms with Crippen LogP contribution >= 0.6 is 11.3 Å². The van der Waals surface area contributed by atoms with Gasteiger partial charge in [0.2, 0.25) is 0 Å². The van der Waals surface area contributed by atoms with Gasteiger partial charge in [-0.1, -0.05) is 6.07 Å². The Morgan fingerprint density at radius 1 is 1.50 bits per heavy atom. The molecule has 74 valence electrons. The van der Waals surface area contributed by atoms with E-state index in [1.165, 1.54) is 11.3 Å². The molecule has 0 aliphatic rings. The van der Waals surface area contributed by atoms with Gasteiger partial charge >= 0.3 is 0 Å². The normalized spacial score (nSPS) is 10.6. The zero-order valence-corrected chi connectivity index (χ0v) is 8.59. The summed E-state index contributed by atoms with van der Waals surface area (Å²) in [5.74, 6) is 0.885. The summed E-state index contributed by atoms with van der Waals surface area (Å²) in [5, 5.41) is 5.40. The van der Waals surface area contributed by atoms with Gasteiger partial charge in [0, 0.05) is 11.4 Å². The van der Waals surface area contributed by atoms with Crippen molar-refractivity contribution in [2.24, 2.45) is 0 Å². The molecule has 0 radical (unpaired) electrons. The Morgan fingerprint density at radius 2 is 2.50 bits per heavy atom. The van der Waals surface area contributed by atoms with E-state index in [-0.39, 0.29) is 0 Å². The molecule has 0 amide bonds. The molecule has 2 aromatic rings. The molecule has 2 rings (SSSR count). The lowest BCUT2D eigenvalue weighted by Gasteiger charge is -1.99. The zero-order valence-electron chi connectivity index (χ0n) is 7.77. The first-order valence-corrected chi connectivity index (χ1v) is 5.43. The first-order valence-electron chi connectivity index (χ1n) is 4.55. The number of thiophene rings is 1. The first-order chi connectivity index (χ1) is 6.95. The fraction of sp³-hybridized carbons (Fsp3) is 0.300. The van der Waals surface area contributed by atoms with Gasteiger partial charge < -0.3 is 9.73 Å². The molecule has 1 N–H and O–H groups in total. The van der Waals surface area contributed by atoms with E-state index in [0.717, 1.165) is 25.3 Å².